The summed E-state index contributed by atoms with van der Waals surface area (Å²) in [6.45, 7) is 2.14. The lowest BCUT2D eigenvalue weighted by molar-refractivity contribution is 0.314. The Labute approximate surface area is 55.6 Å². The van der Waals surface area contributed by atoms with Gasteiger partial charge in [0.15, 0.2) is 0 Å². The van der Waals surface area contributed by atoms with Crippen LogP contribution in [0.15, 0.2) is 5.16 Å². The predicted molar refractivity (Wildman–Crippen MR) is 36.9 cm³/mol. The number of rotatable bonds is 1. The molecule has 0 aliphatic heterocycles. The molecule has 0 bridgehead atoms. The topological polar surface area (TPSA) is 32.6 Å². The van der Waals surface area contributed by atoms with Crippen molar-refractivity contribution in [1.29, 1.82) is 0 Å². The normalized spacial score (nSPS) is 31.7. The zero-order chi connectivity index (χ0) is 6.69. The van der Waals surface area contributed by atoms with Crippen molar-refractivity contribution in [3.8, 4) is 0 Å². The molecule has 0 heterocycles. The third kappa shape index (κ3) is 1.23. The molecule has 2 nitrogen and oxygen atoms in total. The molecule has 0 aromatic heterocycles. The Bertz CT molecular complexity index is 120. The summed E-state index contributed by atoms with van der Waals surface area (Å²) in [6.07, 6.45) is 4.56. The van der Waals surface area contributed by atoms with Gasteiger partial charge in [-0.2, -0.15) is 0 Å². The van der Waals surface area contributed by atoms with Gasteiger partial charge in [0.1, 0.15) is 0 Å². The summed E-state index contributed by atoms with van der Waals surface area (Å²) < 4.78 is 0. The van der Waals surface area contributed by atoms with Crippen molar-refractivity contribution >= 4 is 5.71 Å². The summed E-state index contributed by atoms with van der Waals surface area (Å²) in [5, 5.41) is 11.7. The first-order chi connectivity index (χ1) is 4.38. The number of oxime groups is 1. The first-order valence-corrected chi connectivity index (χ1v) is 3.59. The lowest BCUT2D eigenvalue weighted by Gasteiger charge is -2.02. The van der Waals surface area contributed by atoms with E-state index in [-0.39, 0.29) is 0 Å². The third-order valence-electron chi connectivity index (χ3n) is 2.08. The van der Waals surface area contributed by atoms with Crippen molar-refractivity contribution in [3.63, 3.8) is 0 Å². The van der Waals surface area contributed by atoms with Gasteiger partial charge in [-0.25, -0.2) is 0 Å². The van der Waals surface area contributed by atoms with Crippen LogP contribution in [0, 0.1) is 5.92 Å². The molecule has 52 valence electrons. The zero-order valence-corrected chi connectivity index (χ0v) is 5.80. The smallest absolute Gasteiger partial charge is 0.0601 e. The second kappa shape index (κ2) is 2.85. The SMILES string of the molecule is CCC1CCCC1=NO. The highest BCUT2D eigenvalue weighted by atomic mass is 16.4. The second-order valence-corrected chi connectivity index (χ2v) is 2.59. The quantitative estimate of drug-likeness (QED) is 0.424. The van der Waals surface area contributed by atoms with Crippen LogP contribution >= 0.6 is 0 Å². The summed E-state index contributed by atoms with van der Waals surface area (Å²) in [4.78, 5) is 0. The molecule has 1 unspecified atom stereocenters. The van der Waals surface area contributed by atoms with Crippen LogP contribution in [0.2, 0.25) is 0 Å². The van der Waals surface area contributed by atoms with Gasteiger partial charge in [-0.1, -0.05) is 12.1 Å². The molecule has 1 aliphatic rings. The van der Waals surface area contributed by atoms with Crippen LogP contribution in [0.5, 0.6) is 0 Å². The molecule has 1 aliphatic carbocycles. The Morgan fingerprint density at radius 2 is 2.56 bits per heavy atom. The van der Waals surface area contributed by atoms with Gasteiger partial charge in [0.05, 0.1) is 5.71 Å². The van der Waals surface area contributed by atoms with Crippen molar-refractivity contribution in [1.82, 2.24) is 0 Å². The number of hydrogen-bond acceptors (Lipinski definition) is 2. The largest absolute Gasteiger partial charge is 0.411 e. The van der Waals surface area contributed by atoms with Crippen molar-refractivity contribution < 1.29 is 5.21 Å². The molecule has 1 saturated carbocycles. The van der Waals surface area contributed by atoms with Crippen LogP contribution in [-0.2, 0) is 0 Å². The molecular weight excluding hydrogens is 114 g/mol. The Morgan fingerprint density at radius 3 is 3.00 bits per heavy atom. The number of nitrogens with zero attached hydrogens (tertiary/aromatic N) is 1. The van der Waals surface area contributed by atoms with Crippen LogP contribution < -0.4 is 0 Å². The summed E-state index contributed by atoms with van der Waals surface area (Å²) in [5.41, 5.74) is 1.01. The molecule has 1 rings (SSSR count). The van der Waals surface area contributed by atoms with Crippen LogP contribution in [0.3, 0.4) is 0 Å². The molecule has 0 amide bonds. The minimum absolute atomic E-state index is 0.579. The third-order valence-corrected chi connectivity index (χ3v) is 2.08. The maximum Gasteiger partial charge on any atom is 0.0601 e. The Morgan fingerprint density at radius 1 is 1.78 bits per heavy atom. The average Bonchev–Trinajstić information content (AvgIpc) is 2.33. The fraction of sp³-hybridized carbons (Fsp3) is 0.857. The van der Waals surface area contributed by atoms with E-state index < -0.39 is 0 Å². The molecule has 1 fully saturated rings. The lowest BCUT2D eigenvalue weighted by atomic mass is 10.0. The van der Waals surface area contributed by atoms with Gasteiger partial charge in [-0.3, -0.25) is 0 Å². The van der Waals surface area contributed by atoms with Gasteiger partial charge in [-0.15, -0.1) is 0 Å². The van der Waals surface area contributed by atoms with Crippen LogP contribution in [-0.4, -0.2) is 10.9 Å². The van der Waals surface area contributed by atoms with Gasteiger partial charge in [0.25, 0.3) is 0 Å². The molecular formula is C7H13NO. The maximum absolute atomic E-state index is 8.46. The molecule has 0 radical (unpaired) electrons. The number of hydrogen-bond donors (Lipinski definition) is 1. The summed E-state index contributed by atoms with van der Waals surface area (Å²) >= 11 is 0. The van der Waals surface area contributed by atoms with E-state index in [0.29, 0.717) is 5.92 Å². The fourth-order valence-corrected chi connectivity index (χ4v) is 1.47. The summed E-state index contributed by atoms with van der Waals surface area (Å²) in [6, 6.07) is 0. The van der Waals surface area contributed by atoms with Gasteiger partial charge in [0, 0.05) is 5.92 Å². The Hall–Kier alpha value is -0.530. The molecule has 0 aromatic rings. The lowest BCUT2D eigenvalue weighted by Crippen LogP contribution is -2.04. The highest BCUT2D eigenvalue weighted by molar-refractivity contribution is 5.87. The standard InChI is InChI=1S/C7H13NO/c1-2-6-4-3-5-7(6)8-9/h6,9H,2-5H2,1H3. The monoisotopic (exact) mass is 127 g/mol. The van der Waals surface area contributed by atoms with E-state index in [9.17, 15) is 0 Å². The minimum Gasteiger partial charge on any atom is -0.411 e. The predicted octanol–water partition coefficient (Wildman–Crippen LogP) is 2.03. The Balaban J connectivity index is 2.52. The van der Waals surface area contributed by atoms with E-state index in [2.05, 4.69) is 12.1 Å². The Kier molecular flexibility index (Phi) is 2.09. The molecule has 0 spiro atoms. The van der Waals surface area contributed by atoms with E-state index in [1.54, 1.807) is 0 Å². The second-order valence-electron chi connectivity index (χ2n) is 2.59. The van der Waals surface area contributed by atoms with Gasteiger partial charge in [-0.05, 0) is 25.7 Å². The van der Waals surface area contributed by atoms with Crippen molar-refractivity contribution in [3.05, 3.63) is 0 Å². The highest BCUT2D eigenvalue weighted by Gasteiger charge is 2.20. The first kappa shape index (κ1) is 6.59. The van der Waals surface area contributed by atoms with Crippen LogP contribution in [0.4, 0.5) is 0 Å². The van der Waals surface area contributed by atoms with Crippen molar-refractivity contribution in [2.24, 2.45) is 11.1 Å². The zero-order valence-electron chi connectivity index (χ0n) is 5.80. The first-order valence-electron chi connectivity index (χ1n) is 3.59. The highest BCUT2D eigenvalue weighted by Crippen LogP contribution is 2.24. The van der Waals surface area contributed by atoms with Crippen molar-refractivity contribution in [2.45, 2.75) is 32.6 Å². The molecule has 0 aromatic carbocycles. The minimum atomic E-state index is 0.579. The average molecular weight is 127 g/mol. The summed E-state index contributed by atoms with van der Waals surface area (Å²) in [7, 11) is 0. The molecule has 2 heteroatoms. The summed E-state index contributed by atoms with van der Waals surface area (Å²) in [5.74, 6) is 0.579. The van der Waals surface area contributed by atoms with Crippen molar-refractivity contribution in [2.75, 3.05) is 0 Å². The van der Waals surface area contributed by atoms with E-state index in [1.165, 1.54) is 12.8 Å². The van der Waals surface area contributed by atoms with Gasteiger partial charge >= 0.3 is 0 Å². The van der Waals surface area contributed by atoms with E-state index in [0.717, 1.165) is 18.6 Å². The molecule has 9 heavy (non-hydrogen) atoms. The molecule has 1 N–H and O–H groups in total. The van der Waals surface area contributed by atoms with E-state index in [4.69, 9.17) is 5.21 Å². The fourth-order valence-electron chi connectivity index (χ4n) is 1.47. The maximum atomic E-state index is 8.46. The van der Waals surface area contributed by atoms with E-state index in [1.807, 2.05) is 0 Å². The van der Waals surface area contributed by atoms with Crippen LogP contribution in [0.1, 0.15) is 32.6 Å². The molecule has 1 atom stereocenters. The molecule has 0 saturated heterocycles. The van der Waals surface area contributed by atoms with Gasteiger partial charge in [0.2, 0.25) is 0 Å². The van der Waals surface area contributed by atoms with Crippen LogP contribution in [0.25, 0.3) is 0 Å². The van der Waals surface area contributed by atoms with E-state index >= 15 is 0 Å². The van der Waals surface area contributed by atoms with Gasteiger partial charge < -0.3 is 5.21 Å².